The summed E-state index contributed by atoms with van der Waals surface area (Å²) in [6.07, 6.45) is 3.47. The van der Waals surface area contributed by atoms with E-state index in [9.17, 15) is 4.79 Å². The average Bonchev–Trinajstić information content (AvgIpc) is 2.87. The molecule has 0 saturated heterocycles. The standard InChI is InChI=1S/C13H14BrClN4O/c1-16-13(20)8-19-7-10(6-18-19)17-5-9-2-3-11(14)12(15)4-9/h2-4,6-7,17H,5,8H2,1H3,(H,16,20). The number of carbonyl (C=O) groups excluding carboxylic acids is 1. The largest absolute Gasteiger partial charge is 0.378 e. The maximum Gasteiger partial charge on any atom is 0.241 e. The third-order valence-electron chi connectivity index (χ3n) is 2.70. The van der Waals surface area contributed by atoms with E-state index in [-0.39, 0.29) is 12.5 Å². The van der Waals surface area contributed by atoms with Crippen LogP contribution in [0.3, 0.4) is 0 Å². The highest BCUT2D eigenvalue weighted by molar-refractivity contribution is 9.10. The summed E-state index contributed by atoms with van der Waals surface area (Å²) in [4.78, 5) is 11.2. The molecule has 0 saturated carbocycles. The van der Waals surface area contributed by atoms with Crippen LogP contribution >= 0.6 is 27.5 Å². The number of hydrogen-bond donors (Lipinski definition) is 2. The molecule has 0 spiro atoms. The van der Waals surface area contributed by atoms with Gasteiger partial charge in [0.25, 0.3) is 0 Å². The zero-order chi connectivity index (χ0) is 14.5. The predicted molar refractivity (Wildman–Crippen MR) is 82.8 cm³/mol. The summed E-state index contributed by atoms with van der Waals surface area (Å²) < 4.78 is 2.46. The Hall–Kier alpha value is -1.53. The summed E-state index contributed by atoms with van der Waals surface area (Å²) >= 11 is 9.39. The summed E-state index contributed by atoms with van der Waals surface area (Å²) in [5, 5.41) is 10.6. The lowest BCUT2D eigenvalue weighted by molar-refractivity contribution is -0.121. The van der Waals surface area contributed by atoms with Crippen molar-refractivity contribution >= 4 is 39.1 Å². The van der Waals surface area contributed by atoms with E-state index in [0.717, 1.165) is 15.7 Å². The van der Waals surface area contributed by atoms with Crippen LogP contribution in [0.25, 0.3) is 0 Å². The van der Waals surface area contributed by atoms with Crippen molar-refractivity contribution in [1.82, 2.24) is 15.1 Å². The summed E-state index contributed by atoms with van der Waals surface area (Å²) in [6, 6.07) is 5.79. The van der Waals surface area contributed by atoms with Crippen LogP contribution in [0, 0.1) is 0 Å². The Morgan fingerprint density at radius 1 is 1.50 bits per heavy atom. The number of benzene rings is 1. The molecule has 0 aliphatic rings. The van der Waals surface area contributed by atoms with Crippen molar-refractivity contribution in [1.29, 1.82) is 0 Å². The molecule has 20 heavy (non-hydrogen) atoms. The highest BCUT2D eigenvalue weighted by Crippen LogP contribution is 2.23. The number of hydrogen-bond acceptors (Lipinski definition) is 3. The number of carbonyl (C=O) groups is 1. The first-order valence-electron chi connectivity index (χ1n) is 5.99. The molecule has 1 amide bonds. The molecule has 0 fully saturated rings. The molecular formula is C13H14BrClN4O. The van der Waals surface area contributed by atoms with E-state index in [0.29, 0.717) is 11.6 Å². The van der Waals surface area contributed by atoms with Gasteiger partial charge in [-0.2, -0.15) is 5.10 Å². The Morgan fingerprint density at radius 3 is 3.00 bits per heavy atom. The Bertz CT molecular complexity index is 614. The van der Waals surface area contributed by atoms with Crippen molar-refractivity contribution in [2.45, 2.75) is 13.1 Å². The van der Waals surface area contributed by atoms with Gasteiger partial charge in [-0.3, -0.25) is 9.48 Å². The number of rotatable bonds is 5. The molecular weight excluding hydrogens is 344 g/mol. The molecule has 2 N–H and O–H groups in total. The van der Waals surface area contributed by atoms with Gasteiger partial charge in [0.15, 0.2) is 0 Å². The molecule has 0 radical (unpaired) electrons. The van der Waals surface area contributed by atoms with Crippen LogP contribution in [0.15, 0.2) is 35.1 Å². The van der Waals surface area contributed by atoms with E-state index in [4.69, 9.17) is 11.6 Å². The van der Waals surface area contributed by atoms with Crippen LogP contribution < -0.4 is 10.6 Å². The SMILES string of the molecule is CNC(=O)Cn1cc(NCc2ccc(Br)c(Cl)c2)cn1. The minimum absolute atomic E-state index is 0.0839. The Labute approximate surface area is 130 Å². The van der Waals surface area contributed by atoms with Gasteiger partial charge in [-0.15, -0.1) is 0 Å². The van der Waals surface area contributed by atoms with Crippen LogP contribution in [0.5, 0.6) is 0 Å². The number of aromatic nitrogens is 2. The topological polar surface area (TPSA) is 59.0 Å². The second kappa shape index (κ2) is 6.76. The van der Waals surface area contributed by atoms with Crippen LogP contribution in [-0.4, -0.2) is 22.7 Å². The Kier molecular flexibility index (Phi) is 5.03. The van der Waals surface area contributed by atoms with E-state index in [1.165, 1.54) is 0 Å². The van der Waals surface area contributed by atoms with Crippen molar-refractivity contribution in [3.63, 3.8) is 0 Å². The summed E-state index contributed by atoms with van der Waals surface area (Å²) in [6.45, 7) is 0.848. The minimum Gasteiger partial charge on any atom is -0.378 e. The second-order valence-corrected chi connectivity index (χ2v) is 5.46. The zero-order valence-electron chi connectivity index (χ0n) is 10.9. The van der Waals surface area contributed by atoms with Crippen LogP contribution in [-0.2, 0) is 17.9 Å². The molecule has 1 aromatic heterocycles. The molecule has 2 rings (SSSR count). The fraction of sp³-hybridized carbons (Fsp3) is 0.231. The Balaban J connectivity index is 1.93. The summed E-state index contributed by atoms with van der Waals surface area (Å²) in [5.41, 5.74) is 1.92. The first-order valence-corrected chi connectivity index (χ1v) is 7.16. The Morgan fingerprint density at radius 2 is 2.30 bits per heavy atom. The number of anilines is 1. The monoisotopic (exact) mass is 356 g/mol. The lowest BCUT2D eigenvalue weighted by atomic mass is 10.2. The van der Waals surface area contributed by atoms with E-state index < -0.39 is 0 Å². The fourth-order valence-corrected chi connectivity index (χ4v) is 2.07. The number of amides is 1. The van der Waals surface area contributed by atoms with Gasteiger partial charge < -0.3 is 10.6 Å². The van der Waals surface area contributed by atoms with Crippen molar-refractivity contribution in [2.75, 3.05) is 12.4 Å². The molecule has 0 aliphatic carbocycles. The van der Waals surface area contributed by atoms with Gasteiger partial charge in [0.1, 0.15) is 6.54 Å². The van der Waals surface area contributed by atoms with Crippen LogP contribution in [0.2, 0.25) is 5.02 Å². The minimum atomic E-state index is -0.0839. The third kappa shape index (κ3) is 3.98. The highest BCUT2D eigenvalue weighted by Gasteiger charge is 2.03. The van der Waals surface area contributed by atoms with Gasteiger partial charge >= 0.3 is 0 Å². The molecule has 1 aromatic carbocycles. The van der Waals surface area contributed by atoms with E-state index in [1.54, 1.807) is 24.1 Å². The molecule has 0 unspecified atom stereocenters. The predicted octanol–water partition coefficient (Wildman–Crippen LogP) is 2.66. The van der Waals surface area contributed by atoms with Crippen molar-refractivity contribution in [2.24, 2.45) is 0 Å². The summed E-state index contributed by atoms with van der Waals surface area (Å²) in [5.74, 6) is -0.0839. The molecule has 2 aromatic rings. The number of likely N-dealkylation sites (N-methyl/N-ethyl adjacent to an activating group) is 1. The van der Waals surface area contributed by atoms with Crippen LogP contribution in [0.1, 0.15) is 5.56 Å². The van der Waals surface area contributed by atoms with Gasteiger partial charge in [0, 0.05) is 24.3 Å². The molecule has 1 heterocycles. The smallest absolute Gasteiger partial charge is 0.241 e. The first kappa shape index (κ1) is 14.9. The zero-order valence-corrected chi connectivity index (χ0v) is 13.2. The number of nitrogens with one attached hydrogen (secondary N) is 2. The lowest BCUT2D eigenvalue weighted by Gasteiger charge is -2.05. The van der Waals surface area contributed by atoms with Crippen LogP contribution in [0.4, 0.5) is 5.69 Å². The number of halogens is 2. The normalized spacial score (nSPS) is 10.3. The highest BCUT2D eigenvalue weighted by atomic mass is 79.9. The van der Waals surface area contributed by atoms with Crippen molar-refractivity contribution in [3.05, 3.63) is 45.7 Å². The van der Waals surface area contributed by atoms with Gasteiger partial charge in [0.05, 0.1) is 16.9 Å². The molecule has 0 bridgehead atoms. The first-order chi connectivity index (χ1) is 9.58. The van der Waals surface area contributed by atoms with Gasteiger partial charge in [0.2, 0.25) is 5.91 Å². The lowest BCUT2D eigenvalue weighted by Crippen LogP contribution is -2.23. The molecule has 106 valence electrons. The summed E-state index contributed by atoms with van der Waals surface area (Å²) in [7, 11) is 1.60. The fourth-order valence-electron chi connectivity index (χ4n) is 1.62. The van der Waals surface area contributed by atoms with Crippen molar-refractivity contribution < 1.29 is 4.79 Å². The number of nitrogens with zero attached hydrogens (tertiary/aromatic N) is 2. The van der Waals surface area contributed by atoms with E-state index in [2.05, 4.69) is 31.7 Å². The van der Waals surface area contributed by atoms with Crippen molar-refractivity contribution in [3.8, 4) is 0 Å². The van der Waals surface area contributed by atoms with E-state index >= 15 is 0 Å². The molecule has 0 aliphatic heterocycles. The maximum atomic E-state index is 11.2. The third-order valence-corrected chi connectivity index (χ3v) is 3.93. The molecule has 5 nitrogen and oxygen atoms in total. The van der Waals surface area contributed by atoms with Gasteiger partial charge in [-0.05, 0) is 33.6 Å². The molecule has 0 atom stereocenters. The second-order valence-electron chi connectivity index (χ2n) is 4.20. The van der Waals surface area contributed by atoms with E-state index in [1.807, 2.05) is 18.2 Å². The maximum absolute atomic E-state index is 11.2. The van der Waals surface area contributed by atoms with Gasteiger partial charge in [-0.1, -0.05) is 17.7 Å². The average molecular weight is 358 g/mol. The quantitative estimate of drug-likeness (QED) is 0.865. The van der Waals surface area contributed by atoms with Gasteiger partial charge in [-0.25, -0.2) is 0 Å². The molecule has 7 heteroatoms.